The monoisotopic (exact) mass is 285 g/mol. The lowest BCUT2D eigenvalue weighted by atomic mass is 10.3. The van der Waals surface area contributed by atoms with Gasteiger partial charge in [0, 0.05) is 25.0 Å². The lowest BCUT2D eigenvalue weighted by molar-refractivity contribution is 0.461. The van der Waals surface area contributed by atoms with Crippen LogP contribution in [0.15, 0.2) is 24.8 Å². The van der Waals surface area contributed by atoms with E-state index in [-0.39, 0.29) is 0 Å². The van der Waals surface area contributed by atoms with E-state index in [2.05, 4.69) is 38.0 Å². The molecule has 0 amide bonds. The summed E-state index contributed by atoms with van der Waals surface area (Å²) in [6.45, 7) is 1.70. The van der Waals surface area contributed by atoms with E-state index < -0.39 is 0 Å². The first-order chi connectivity index (χ1) is 10.4. The molecule has 1 N–H and O–H groups in total. The second kappa shape index (κ2) is 5.64. The van der Waals surface area contributed by atoms with Gasteiger partial charge < -0.3 is 9.88 Å². The van der Waals surface area contributed by atoms with Crippen molar-refractivity contribution in [2.75, 3.05) is 0 Å². The van der Waals surface area contributed by atoms with Crippen molar-refractivity contribution in [2.24, 2.45) is 0 Å². The van der Waals surface area contributed by atoms with Gasteiger partial charge in [0.15, 0.2) is 0 Å². The Morgan fingerprint density at radius 3 is 2.81 bits per heavy atom. The Labute approximate surface area is 125 Å². The van der Waals surface area contributed by atoms with Gasteiger partial charge in [-0.05, 0) is 31.7 Å². The molecule has 2 heterocycles. The van der Waals surface area contributed by atoms with Crippen molar-refractivity contribution in [1.29, 1.82) is 0 Å². The van der Waals surface area contributed by atoms with Crippen molar-refractivity contribution in [3.63, 3.8) is 0 Å². The molecule has 2 aliphatic rings. The molecule has 0 unspecified atom stereocenters. The second-order valence-electron chi connectivity index (χ2n) is 6.42. The fraction of sp³-hybridized carbons (Fsp3) is 0.625. The Balaban J connectivity index is 1.36. The van der Waals surface area contributed by atoms with Gasteiger partial charge >= 0.3 is 0 Å². The molecule has 2 saturated carbocycles. The smallest absolute Gasteiger partial charge is 0.0953 e. The molecule has 2 fully saturated rings. The zero-order valence-corrected chi connectivity index (χ0v) is 12.4. The molecule has 2 aliphatic carbocycles. The van der Waals surface area contributed by atoms with Crippen LogP contribution in [0.1, 0.15) is 56.0 Å². The zero-order valence-electron chi connectivity index (χ0n) is 12.4. The molecule has 5 heteroatoms. The Hall–Kier alpha value is -1.62. The highest BCUT2D eigenvalue weighted by Crippen LogP contribution is 2.28. The van der Waals surface area contributed by atoms with Crippen molar-refractivity contribution < 1.29 is 0 Å². The summed E-state index contributed by atoms with van der Waals surface area (Å²) in [7, 11) is 0. The predicted molar refractivity (Wildman–Crippen MR) is 80.9 cm³/mol. The van der Waals surface area contributed by atoms with Crippen molar-refractivity contribution in [1.82, 2.24) is 24.6 Å². The van der Waals surface area contributed by atoms with Crippen LogP contribution in [0.2, 0.25) is 0 Å². The molecule has 0 aromatic carbocycles. The summed E-state index contributed by atoms with van der Waals surface area (Å²) < 4.78 is 4.29. The SMILES string of the molecule is c1cn(C2CCCC2)nc1Cn1cnc(CNC2CC2)c1. The van der Waals surface area contributed by atoms with Gasteiger partial charge in [-0.15, -0.1) is 0 Å². The number of nitrogens with zero attached hydrogens (tertiary/aromatic N) is 4. The quantitative estimate of drug-likeness (QED) is 0.887. The van der Waals surface area contributed by atoms with Crippen LogP contribution in [-0.4, -0.2) is 25.4 Å². The van der Waals surface area contributed by atoms with Crippen LogP contribution in [0.5, 0.6) is 0 Å². The van der Waals surface area contributed by atoms with E-state index in [9.17, 15) is 0 Å². The summed E-state index contributed by atoms with van der Waals surface area (Å²) in [5, 5.41) is 8.23. The normalized spacial score (nSPS) is 19.4. The summed E-state index contributed by atoms with van der Waals surface area (Å²) in [6, 6.07) is 3.50. The van der Waals surface area contributed by atoms with Gasteiger partial charge in [-0.3, -0.25) is 4.68 Å². The van der Waals surface area contributed by atoms with Crippen LogP contribution in [0.4, 0.5) is 0 Å². The first kappa shape index (κ1) is 13.1. The van der Waals surface area contributed by atoms with Crippen molar-refractivity contribution in [3.8, 4) is 0 Å². The third-order valence-electron chi connectivity index (χ3n) is 4.54. The lowest BCUT2D eigenvalue weighted by Gasteiger charge is -2.08. The van der Waals surface area contributed by atoms with Gasteiger partial charge in [0.1, 0.15) is 0 Å². The molecule has 21 heavy (non-hydrogen) atoms. The fourth-order valence-electron chi connectivity index (χ4n) is 3.14. The Bertz CT molecular complexity index is 589. The minimum Gasteiger partial charge on any atom is -0.331 e. The van der Waals surface area contributed by atoms with E-state index in [4.69, 9.17) is 5.10 Å². The summed E-state index contributed by atoms with van der Waals surface area (Å²) in [5.41, 5.74) is 2.25. The first-order valence-corrected chi connectivity index (χ1v) is 8.15. The molecule has 0 radical (unpaired) electrons. The summed E-state index contributed by atoms with van der Waals surface area (Å²) in [6.07, 6.45) is 14.1. The molecule has 0 spiro atoms. The van der Waals surface area contributed by atoms with Crippen LogP contribution in [0.3, 0.4) is 0 Å². The van der Waals surface area contributed by atoms with E-state index >= 15 is 0 Å². The molecule has 112 valence electrons. The number of hydrogen-bond donors (Lipinski definition) is 1. The molecular weight excluding hydrogens is 262 g/mol. The predicted octanol–water partition coefficient (Wildman–Crippen LogP) is 2.50. The highest BCUT2D eigenvalue weighted by atomic mass is 15.3. The van der Waals surface area contributed by atoms with Crippen LogP contribution >= 0.6 is 0 Å². The van der Waals surface area contributed by atoms with Gasteiger partial charge in [0.05, 0.1) is 30.3 Å². The molecule has 0 aliphatic heterocycles. The van der Waals surface area contributed by atoms with Crippen LogP contribution in [-0.2, 0) is 13.1 Å². The van der Waals surface area contributed by atoms with Gasteiger partial charge in [0.25, 0.3) is 0 Å². The van der Waals surface area contributed by atoms with E-state index in [0.29, 0.717) is 6.04 Å². The third kappa shape index (κ3) is 3.18. The van der Waals surface area contributed by atoms with E-state index in [1.165, 1.54) is 38.5 Å². The molecule has 0 saturated heterocycles. The molecule has 0 atom stereocenters. The Morgan fingerprint density at radius 1 is 1.14 bits per heavy atom. The molecule has 4 rings (SSSR count). The second-order valence-corrected chi connectivity index (χ2v) is 6.42. The van der Waals surface area contributed by atoms with Crippen molar-refractivity contribution in [2.45, 2.75) is 63.7 Å². The molecule has 2 aromatic heterocycles. The largest absolute Gasteiger partial charge is 0.331 e. The fourth-order valence-corrected chi connectivity index (χ4v) is 3.14. The van der Waals surface area contributed by atoms with E-state index in [1.54, 1.807) is 0 Å². The average molecular weight is 285 g/mol. The zero-order chi connectivity index (χ0) is 14.1. The lowest BCUT2D eigenvalue weighted by Crippen LogP contribution is -2.15. The Morgan fingerprint density at radius 2 is 2.00 bits per heavy atom. The van der Waals surface area contributed by atoms with Gasteiger partial charge in [-0.2, -0.15) is 5.10 Å². The van der Waals surface area contributed by atoms with Crippen LogP contribution in [0.25, 0.3) is 0 Å². The maximum Gasteiger partial charge on any atom is 0.0953 e. The van der Waals surface area contributed by atoms with Gasteiger partial charge in [0.2, 0.25) is 0 Å². The minimum absolute atomic E-state index is 0.625. The summed E-state index contributed by atoms with van der Waals surface area (Å²) in [4.78, 5) is 4.46. The number of nitrogens with one attached hydrogen (secondary N) is 1. The van der Waals surface area contributed by atoms with Crippen LogP contribution in [0, 0.1) is 0 Å². The topological polar surface area (TPSA) is 47.7 Å². The van der Waals surface area contributed by atoms with Crippen molar-refractivity contribution in [3.05, 3.63) is 36.2 Å². The van der Waals surface area contributed by atoms with Gasteiger partial charge in [-0.1, -0.05) is 12.8 Å². The standard InChI is InChI=1S/C16H23N5/c1-2-4-16(3-1)21-8-7-14(19-21)10-20-11-15(18-12-20)9-17-13-5-6-13/h7-8,11-13,16-17H,1-6,9-10H2. The molecule has 0 bridgehead atoms. The van der Waals surface area contributed by atoms with Gasteiger partial charge in [-0.25, -0.2) is 4.98 Å². The maximum atomic E-state index is 4.73. The van der Waals surface area contributed by atoms with Crippen LogP contribution < -0.4 is 5.32 Å². The molecule has 5 nitrogen and oxygen atoms in total. The van der Waals surface area contributed by atoms with Crippen molar-refractivity contribution >= 4 is 0 Å². The number of imidazole rings is 1. The summed E-state index contributed by atoms with van der Waals surface area (Å²) in [5.74, 6) is 0. The first-order valence-electron chi connectivity index (χ1n) is 8.15. The number of hydrogen-bond acceptors (Lipinski definition) is 3. The third-order valence-corrected chi connectivity index (χ3v) is 4.54. The number of rotatable bonds is 6. The summed E-state index contributed by atoms with van der Waals surface area (Å²) >= 11 is 0. The minimum atomic E-state index is 0.625. The average Bonchev–Trinajstić information content (AvgIpc) is 2.93. The Kier molecular flexibility index (Phi) is 3.51. The highest BCUT2D eigenvalue weighted by molar-refractivity contribution is 5.04. The molecular formula is C16H23N5. The van der Waals surface area contributed by atoms with E-state index in [0.717, 1.165) is 30.5 Å². The van der Waals surface area contributed by atoms with E-state index in [1.807, 2.05) is 6.33 Å². The number of aromatic nitrogens is 4. The maximum absolute atomic E-state index is 4.73. The molecule has 2 aromatic rings. The highest BCUT2D eigenvalue weighted by Gasteiger charge is 2.20.